The van der Waals surface area contributed by atoms with Gasteiger partial charge in [0.05, 0.1) is 0 Å². The van der Waals surface area contributed by atoms with Gasteiger partial charge in [-0.15, -0.1) is 0 Å². The van der Waals surface area contributed by atoms with E-state index in [2.05, 4.69) is 37.9 Å². The number of benzene rings is 1. The molecule has 3 heteroatoms. The molecule has 1 heterocycles. The fraction of sp³-hybridized carbons (Fsp3) is 0.667. The predicted molar refractivity (Wildman–Crippen MR) is 87.0 cm³/mol. The van der Waals surface area contributed by atoms with Crippen LogP contribution in [0, 0.1) is 11.2 Å². The molecular formula is C18H29FN2. The molecule has 1 aromatic carbocycles. The average Bonchev–Trinajstić information content (AvgIpc) is 2.44. The molecular weight excluding hydrogens is 263 g/mol. The highest BCUT2D eigenvalue weighted by Crippen LogP contribution is 2.24. The van der Waals surface area contributed by atoms with Crippen molar-refractivity contribution < 1.29 is 4.39 Å². The Kier molecular flexibility index (Phi) is 5.39. The Balaban J connectivity index is 1.98. The molecule has 118 valence electrons. The summed E-state index contributed by atoms with van der Waals surface area (Å²) in [5, 5.41) is 3.70. The molecule has 2 unspecified atom stereocenters. The molecule has 1 saturated heterocycles. The van der Waals surface area contributed by atoms with Gasteiger partial charge in [-0.1, -0.05) is 39.8 Å². The summed E-state index contributed by atoms with van der Waals surface area (Å²) in [6, 6.07) is 8.11. The summed E-state index contributed by atoms with van der Waals surface area (Å²) in [5.41, 5.74) is 1.37. The zero-order chi connectivity index (χ0) is 15.5. The van der Waals surface area contributed by atoms with Crippen molar-refractivity contribution >= 4 is 0 Å². The van der Waals surface area contributed by atoms with E-state index < -0.39 is 0 Å². The minimum Gasteiger partial charge on any atom is -0.311 e. The van der Waals surface area contributed by atoms with Crippen LogP contribution in [-0.2, 0) is 6.42 Å². The molecule has 0 radical (unpaired) electrons. The van der Waals surface area contributed by atoms with Crippen molar-refractivity contribution in [1.29, 1.82) is 0 Å². The van der Waals surface area contributed by atoms with Gasteiger partial charge in [-0.3, -0.25) is 4.90 Å². The third kappa shape index (κ3) is 4.52. The zero-order valence-electron chi connectivity index (χ0n) is 13.8. The molecule has 2 atom stereocenters. The van der Waals surface area contributed by atoms with Crippen molar-refractivity contribution in [3.8, 4) is 0 Å². The van der Waals surface area contributed by atoms with Gasteiger partial charge in [0.2, 0.25) is 0 Å². The number of piperazine rings is 1. The zero-order valence-corrected chi connectivity index (χ0v) is 13.8. The lowest BCUT2D eigenvalue weighted by molar-refractivity contribution is 0.0846. The maximum Gasteiger partial charge on any atom is 0.123 e. The van der Waals surface area contributed by atoms with Gasteiger partial charge >= 0.3 is 0 Å². The first kappa shape index (κ1) is 16.4. The standard InChI is InChI=1S/C18H29FN2/c1-5-16-12-20-17(18(2,3)4)13-21(16)10-9-14-7-6-8-15(19)11-14/h6-8,11,16-17,20H,5,9-10,12-13H2,1-4H3. The highest BCUT2D eigenvalue weighted by molar-refractivity contribution is 5.16. The lowest BCUT2D eigenvalue weighted by Crippen LogP contribution is -2.60. The Labute approximate surface area is 128 Å². The Bertz CT molecular complexity index is 453. The molecule has 0 bridgehead atoms. The minimum absolute atomic E-state index is 0.132. The first-order valence-corrected chi connectivity index (χ1v) is 8.12. The summed E-state index contributed by atoms with van der Waals surface area (Å²) in [7, 11) is 0. The van der Waals surface area contributed by atoms with Crippen LogP contribution in [0.5, 0.6) is 0 Å². The molecule has 0 amide bonds. The van der Waals surface area contributed by atoms with E-state index in [0.29, 0.717) is 12.1 Å². The quantitative estimate of drug-likeness (QED) is 0.914. The smallest absolute Gasteiger partial charge is 0.123 e. The molecule has 1 aromatic rings. The highest BCUT2D eigenvalue weighted by Gasteiger charge is 2.32. The first-order valence-electron chi connectivity index (χ1n) is 8.12. The molecule has 1 fully saturated rings. The van der Waals surface area contributed by atoms with E-state index in [1.165, 1.54) is 6.07 Å². The summed E-state index contributed by atoms with van der Waals surface area (Å²) in [6.07, 6.45) is 2.08. The second-order valence-corrected chi connectivity index (χ2v) is 7.26. The van der Waals surface area contributed by atoms with E-state index in [1.54, 1.807) is 12.1 Å². The average molecular weight is 292 g/mol. The van der Waals surface area contributed by atoms with Crippen molar-refractivity contribution in [2.24, 2.45) is 5.41 Å². The topological polar surface area (TPSA) is 15.3 Å². The Morgan fingerprint density at radius 1 is 1.33 bits per heavy atom. The van der Waals surface area contributed by atoms with Gasteiger partial charge in [0, 0.05) is 31.7 Å². The molecule has 0 aliphatic carbocycles. The fourth-order valence-corrected chi connectivity index (χ4v) is 3.08. The van der Waals surface area contributed by atoms with Gasteiger partial charge < -0.3 is 5.32 Å². The number of nitrogens with zero attached hydrogens (tertiary/aromatic N) is 1. The SMILES string of the molecule is CCC1CNC(C(C)(C)C)CN1CCc1cccc(F)c1. The monoisotopic (exact) mass is 292 g/mol. The number of rotatable bonds is 4. The second kappa shape index (κ2) is 6.89. The van der Waals surface area contributed by atoms with Crippen LogP contribution >= 0.6 is 0 Å². The predicted octanol–water partition coefficient (Wildman–Crippen LogP) is 3.47. The Hall–Kier alpha value is -0.930. The van der Waals surface area contributed by atoms with Gasteiger partial charge in [0.1, 0.15) is 5.82 Å². The molecule has 1 N–H and O–H groups in total. The number of nitrogens with one attached hydrogen (secondary N) is 1. The van der Waals surface area contributed by atoms with Gasteiger partial charge in [-0.05, 0) is 36.0 Å². The normalized spacial score (nSPS) is 24.2. The first-order chi connectivity index (χ1) is 9.90. The molecule has 1 aliphatic heterocycles. The molecule has 1 aliphatic rings. The van der Waals surface area contributed by atoms with Crippen molar-refractivity contribution in [3.63, 3.8) is 0 Å². The van der Waals surface area contributed by atoms with Crippen LogP contribution in [-0.4, -0.2) is 36.6 Å². The minimum atomic E-state index is -0.132. The largest absolute Gasteiger partial charge is 0.311 e. The van der Waals surface area contributed by atoms with Crippen molar-refractivity contribution in [1.82, 2.24) is 10.2 Å². The van der Waals surface area contributed by atoms with E-state index in [4.69, 9.17) is 0 Å². The number of hydrogen-bond donors (Lipinski definition) is 1. The maximum absolute atomic E-state index is 13.3. The van der Waals surface area contributed by atoms with Crippen molar-refractivity contribution in [3.05, 3.63) is 35.6 Å². The van der Waals surface area contributed by atoms with Gasteiger partial charge in [0.15, 0.2) is 0 Å². The number of hydrogen-bond acceptors (Lipinski definition) is 2. The van der Waals surface area contributed by atoms with E-state index in [-0.39, 0.29) is 11.2 Å². The number of halogens is 1. The van der Waals surface area contributed by atoms with Crippen LogP contribution < -0.4 is 5.32 Å². The van der Waals surface area contributed by atoms with Crippen LogP contribution in [0.2, 0.25) is 0 Å². The molecule has 2 rings (SSSR count). The molecule has 2 nitrogen and oxygen atoms in total. The van der Waals surface area contributed by atoms with Crippen molar-refractivity contribution in [2.45, 2.75) is 52.6 Å². The summed E-state index contributed by atoms with van der Waals surface area (Å²) in [6.45, 7) is 12.3. The third-order valence-corrected chi connectivity index (χ3v) is 4.63. The molecule has 0 saturated carbocycles. The highest BCUT2D eigenvalue weighted by atomic mass is 19.1. The van der Waals surface area contributed by atoms with Crippen LogP contribution in [0.4, 0.5) is 4.39 Å². The Morgan fingerprint density at radius 3 is 2.71 bits per heavy atom. The van der Waals surface area contributed by atoms with E-state index in [1.807, 2.05) is 6.07 Å². The van der Waals surface area contributed by atoms with Gasteiger partial charge in [0.25, 0.3) is 0 Å². The van der Waals surface area contributed by atoms with E-state index >= 15 is 0 Å². The lowest BCUT2D eigenvalue weighted by atomic mass is 9.84. The van der Waals surface area contributed by atoms with E-state index in [9.17, 15) is 4.39 Å². The van der Waals surface area contributed by atoms with Gasteiger partial charge in [-0.2, -0.15) is 0 Å². The molecule has 0 aromatic heterocycles. The van der Waals surface area contributed by atoms with Crippen molar-refractivity contribution in [2.75, 3.05) is 19.6 Å². The summed E-state index contributed by atoms with van der Waals surface area (Å²) < 4.78 is 13.3. The molecule has 0 spiro atoms. The van der Waals surface area contributed by atoms with Crippen LogP contribution in [0.1, 0.15) is 39.7 Å². The third-order valence-electron chi connectivity index (χ3n) is 4.63. The summed E-state index contributed by atoms with van der Waals surface area (Å²) in [5.74, 6) is -0.132. The van der Waals surface area contributed by atoms with E-state index in [0.717, 1.165) is 38.0 Å². The Morgan fingerprint density at radius 2 is 2.10 bits per heavy atom. The maximum atomic E-state index is 13.3. The lowest BCUT2D eigenvalue weighted by Gasteiger charge is -2.45. The second-order valence-electron chi connectivity index (χ2n) is 7.26. The van der Waals surface area contributed by atoms with Crippen LogP contribution in [0.25, 0.3) is 0 Å². The summed E-state index contributed by atoms with van der Waals surface area (Å²) >= 11 is 0. The van der Waals surface area contributed by atoms with Gasteiger partial charge in [-0.25, -0.2) is 4.39 Å². The molecule has 21 heavy (non-hydrogen) atoms. The fourth-order valence-electron chi connectivity index (χ4n) is 3.08. The van der Waals surface area contributed by atoms with Crippen LogP contribution in [0.3, 0.4) is 0 Å². The summed E-state index contributed by atoms with van der Waals surface area (Å²) in [4.78, 5) is 2.58. The van der Waals surface area contributed by atoms with Crippen LogP contribution in [0.15, 0.2) is 24.3 Å².